The van der Waals surface area contributed by atoms with E-state index < -0.39 is 0 Å². The first-order valence-corrected chi connectivity index (χ1v) is 6.05. The van der Waals surface area contributed by atoms with E-state index in [1.807, 2.05) is 42.5 Å². The van der Waals surface area contributed by atoms with Gasteiger partial charge in [0.1, 0.15) is 6.61 Å². The highest BCUT2D eigenvalue weighted by Crippen LogP contribution is 2.22. The highest BCUT2D eigenvalue weighted by molar-refractivity contribution is 5.67. The summed E-state index contributed by atoms with van der Waals surface area (Å²) in [7, 11) is 0. The molecule has 19 heavy (non-hydrogen) atoms. The Labute approximate surface area is 110 Å². The molecule has 0 aliphatic carbocycles. The van der Waals surface area contributed by atoms with Crippen molar-refractivity contribution < 1.29 is 5.11 Å². The van der Waals surface area contributed by atoms with Gasteiger partial charge in [0.25, 0.3) is 0 Å². The third-order valence-corrected chi connectivity index (χ3v) is 2.93. The van der Waals surface area contributed by atoms with E-state index in [2.05, 4.69) is 27.3 Å². The Kier molecular flexibility index (Phi) is 3.08. The number of aromatic nitrogens is 3. The second-order valence-corrected chi connectivity index (χ2v) is 4.21. The minimum Gasteiger partial charge on any atom is -0.388 e. The number of nitrogens with zero attached hydrogens (tertiary/aromatic N) is 2. The average Bonchev–Trinajstić information content (AvgIpc) is 2.97. The van der Waals surface area contributed by atoms with Crippen LogP contribution in [0, 0.1) is 0 Å². The Morgan fingerprint density at radius 3 is 2.11 bits per heavy atom. The van der Waals surface area contributed by atoms with Gasteiger partial charge in [0, 0.05) is 5.56 Å². The van der Waals surface area contributed by atoms with Crippen molar-refractivity contribution in [2.45, 2.75) is 6.61 Å². The van der Waals surface area contributed by atoms with Crippen LogP contribution in [0.15, 0.2) is 54.6 Å². The number of aliphatic hydroxyl groups is 1. The van der Waals surface area contributed by atoms with Crippen molar-refractivity contribution in [1.29, 1.82) is 0 Å². The minimum absolute atomic E-state index is 0.130. The number of aliphatic hydroxyl groups excluding tert-OH is 1. The molecule has 94 valence electrons. The van der Waals surface area contributed by atoms with E-state index in [4.69, 9.17) is 5.11 Å². The van der Waals surface area contributed by atoms with Gasteiger partial charge in [0.05, 0.1) is 0 Å². The van der Waals surface area contributed by atoms with Crippen molar-refractivity contribution in [2.24, 2.45) is 0 Å². The lowest BCUT2D eigenvalue weighted by Crippen LogP contribution is -1.85. The van der Waals surface area contributed by atoms with Gasteiger partial charge in [0.15, 0.2) is 11.6 Å². The summed E-state index contributed by atoms with van der Waals surface area (Å²) in [4.78, 5) is 4.18. The van der Waals surface area contributed by atoms with Crippen LogP contribution in [-0.4, -0.2) is 20.3 Å². The lowest BCUT2D eigenvalue weighted by Gasteiger charge is -2.02. The van der Waals surface area contributed by atoms with E-state index >= 15 is 0 Å². The molecule has 0 atom stereocenters. The standard InChI is InChI=1S/C15H13N3O/c19-10-14-16-15(18-17-14)13-8-6-12(7-9-13)11-4-2-1-3-5-11/h1-9,19H,10H2,(H,16,17,18). The molecule has 0 spiro atoms. The fourth-order valence-electron chi connectivity index (χ4n) is 1.94. The van der Waals surface area contributed by atoms with E-state index in [9.17, 15) is 0 Å². The summed E-state index contributed by atoms with van der Waals surface area (Å²) >= 11 is 0. The second-order valence-electron chi connectivity index (χ2n) is 4.21. The Balaban J connectivity index is 1.90. The number of benzene rings is 2. The van der Waals surface area contributed by atoms with Crippen molar-refractivity contribution in [1.82, 2.24) is 15.2 Å². The summed E-state index contributed by atoms with van der Waals surface area (Å²) in [5, 5.41) is 15.7. The molecule has 4 nitrogen and oxygen atoms in total. The molecule has 2 N–H and O–H groups in total. The summed E-state index contributed by atoms with van der Waals surface area (Å²) in [5.41, 5.74) is 3.26. The number of aromatic amines is 1. The fourth-order valence-corrected chi connectivity index (χ4v) is 1.94. The lowest BCUT2D eigenvalue weighted by molar-refractivity contribution is 0.272. The Morgan fingerprint density at radius 2 is 1.47 bits per heavy atom. The number of H-pyrrole nitrogens is 1. The molecule has 1 heterocycles. The fraction of sp³-hybridized carbons (Fsp3) is 0.0667. The number of nitrogens with one attached hydrogen (secondary N) is 1. The molecule has 0 aliphatic heterocycles. The zero-order valence-corrected chi connectivity index (χ0v) is 10.2. The first-order valence-electron chi connectivity index (χ1n) is 6.05. The van der Waals surface area contributed by atoms with Gasteiger partial charge in [-0.25, -0.2) is 4.98 Å². The molecule has 0 bridgehead atoms. The number of hydrogen-bond donors (Lipinski definition) is 2. The van der Waals surface area contributed by atoms with Gasteiger partial charge in [-0.2, -0.15) is 5.10 Å². The first kappa shape index (κ1) is 11.6. The van der Waals surface area contributed by atoms with Crippen molar-refractivity contribution >= 4 is 0 Å². The van der Waals surface area contributed by atoms with E-state index in [0.717, 1.165) is 11.1 Å². The van der Waals surface area contributed by atoms with Gasteiger partial charge >= 0.3 is 0 Å². The van der Waals surface area contributed by atoms with Gasteiger partial charge in [-0.1, -0.05) is 54.6 Å². The lowest BCUT2D eigenvalue weighted by atomic mass is 10.0. The molecular formula is C15H13N3O. The van der Waals surface area contributed by atoms with Gasteiger partial charge in [-0.05, 0) is 11.1 Å². The van der Waals surface area contributed by atoms with Crippen LogP contribution in [0.3, 0.4) is 0 Å². The summed E-state index contributed by atoms with van der Waals surface area (Å²) < 4.78 is 0. The monoisotopic (exact) mass is 251 g/mol. The quantitative estimate of drug-likeness (QED) is 0.752. The van der Waals surface area contributed by atoms with Crippen molar-refractivity contribution in [3.63, 3.8) is 0 Å². The molecule has 0 saturated heterocycles. The maximum atomic E-state index is 8.96. The number of rotatable bonds is 3. The van der Waals surface area contributed by atoms with E-state index in [1.165, 1.54) is 5.56 Å². The summed E-state index contributed by atoms with van der Waals surface area (Å²) in [6.07, 6.45) is 0. The van der Waals surface area contributed by atoms with Crippen LogP contribution in [0.4, 0.5) is 0 Å². The Hall–Kier alpha value is -2.46. The zero-order chi connectivity index (χ0) is 13.1. The molecule has 0 radical (unpaired) electrons. The van der Waals surface area contributed by atoms with Crippen molar-refractivity contribution in [3.05, 3.63) is 60.4 Å². The molecule has 0 aliphatic rings. The van der Waals surface area contributed by atoms with Crippen LogP contribution in [0.1, 0.15) is 5.82 Å². The average molecular weight is 251 g/mol. The predicted molar refractivity (Wildman–Crippen MR) is 73.2 cm³/mol. The van der Waals surface area contributed by atoms with Crippen LogP contribution in [-0.2, 0) is 6.61 Å². The minimum atomic E-state index is -0.130. The zero-order valence-electron chi connectivity index (χ0n) is 10.2. The Morgan fingerprint density at radius 1 is 0.842 bits per heavy atom. The molecular weight excluding hydrogens is 238 g/mol. The normalized spacial score (nSPS) is 10.6. The molecule has 3 rings (SSSR count). The second kappa shape index (κ2) is 5.04. The van der Waals surface area contributed by atoms with Crippen LogP contribution < -0.4 is 0 Å². The van der Waals surface area contributed by atoms with Crippen LogP contribution in [0.2, 0.25) is 0 Å². The first-order chi connectivity index (χ1) is 9.36. The van der Waals surface area contributed by atoms with Crippen LogP contribution in [0.5, 0.6) is 0 Å². The molecule has 0 fully saturated rings. The summed E-state index contributed by atoms with van der Waals surface area (Å²) in [6.45, 7) is -0.130. The Bertz CT molecular complexity index is 659. The van der Waals surface area contributed by atoms with E-state index in [0.29, 0.717) is 11.6 Å². The molecule has 1 aromatic heterocycles. The van der Waals surface area contributed by atoms with Crippen molar-refractivity contribution in [3.8, 4) is 22.5 Å². The number of hydrogen-bond acceptors (Lipinski definition) is 3. The van der Waals surface area contributed by atoms with E-state index in [1.54, 1.807) is 0 Å². The third kappa shape index (κ3) is 2.39. The highest BCUT2D eigenvalue weighted by Gasteiger charge is 2.05. The highest BCUT2D eigenvalue weighted by atomic mass is 16.3. The van der Waals surface area contributed by atoms with Gasteiger partial charge in [0.2, 0.25) is 0 Å². The summed E-state index contributed by atoms with van der Waals surface area (Å²) in [5.74, 6) is 1.07. The summed E-state index contributed by atoms with van der Waals surface area (Å²) in [6, 6.07) is 18.2. The maximum Gasteiger partial charge on any atom is 0.181 e. The molecule has 2 aromatic carbocycles. The molecule has 0 amide bonds. The van der Waals surface area contributed by atoms with E-state index in [-0.39, 0.29) is 6.61 Å². The molecule has 0 saturated carbocycles. The third-order valence-electron chi connectivity index (χ3n) is 2.93. The maximum absolute atomic E-state index is 8.96. The van der Waals surface area contributed by atoms with Crippen LogP contribution >= 0.6 is 0 Å². The predicted octanol–water partition coefficient (Wildman–Crippen LogP) is 2.63. The smallest absolute Gasteiger partial charge is 0.181 e. The van der Waals surface area contributed by atoms with Crippen molar-refractivity contribution in [2.75, 3.05) is 0 Å². The topological polar surface area (TPSA) is 61.8 Å². The molecule has 3 aromatic rings. The SMILES string of the molecule is OCc1nc(-c2ccc(-c3ccccc3)cc2)n[nH]1. The van der Waals surface area contributed by atoms with Gasteiger partial charge in [-0.15, -0.1) is 0 Å². The molecule has 4 heteroatoms. The van der Waals surface area contributed by atoms with Crippen LogP contribution in [0.25, 0.3) is 22.5 Å². The largest absolute Gasteiger partial charge is 0.388 e. The van der Waals surface area contributed by atoms with Gasteiger partial charge < -0.3 is 5.11 Å². The van der Waals surface area contributed by atoms with Gasteiger partial charge in [-0.3, -0.25) is 5.10 Å². The molecule has 0 unspecified atom stereocenters.